The molecule has 1 aromatic carbocycles. The van der Waals surface area contributed by atoms with Crippen LogP contribution in [0.4, 0.5) is 0 Å². The van der Waals surface area contributed by atoms with Crippen LogP contribution in [0.3, 0.4) is 0 Å². The van der Waals surface area contributed by atoms with Crippen LogP contribution in [0.15, 0.2) is 12.1 Å². The molecule has 0 aliphatic heterocycles. The van der Waals surface area contributed by atoms with Crippen molar-refractivity contribution in [3.63, 3.8) is 0 Å². The summed E-state index contributed by atoms with van der Waals surface area (Å²) in [7, 11) is 0. The number of halogens is 2. The third-order valence-electron chi connectivity index (χ3n) is 1.49. The number of benzene rings is 1. The molecule has 0 heterocycles. The maximum atomic E-state index is 10.5. The molecule has 12 heavy (non-hydrogen) atoms. The van der Waals surface area contributed by atoms with Crippen LogP contribution in [0.5, 0.6) is 0 Å². The van der Waals surface area contributed by atoms with Crippen molar-refractivity contribution in [2.75, 3.05) is 0 Å². The fraction of sp³-hybridized carbons (Fsp3) is 0.125. The first-order chi connectivity index (χ1) is 5.70. The van der Waals surface area contributed by atoms with E-state index in [0.717, 1.165) is 0 Å². The number of hydrogen-bond acceptors (Lipinski definition) is 2. The van der Waals surface area contributed by atoms with Crippen molar-refractivity contribution in [1.29, 1.82) is 0 Å². The molecule has 64 valence electrons. The fourth-order valence-electron chi connectivity index (χ4n) is 0.845. The Bertz CT molecular complexity index is 310. The van der Waals surface area contributed by atoms with Gasteiger partial charge in [0.05, 0.1) is 22.2 Å². The highest BCUT2D eigenvalue weighted by Crippen LogP contribution is 2.26. The summed E-state index contributed by atoms with van der Waals surface area (Å²) in [5, 5.41) is 9.31. The van der Waals surface area contributed by atoms with Crippen molar-refractivity contribution >= 4 is 29.5 Å². The minimum Gasteiger partial charge on any atom is -0.392 e. The summed E-state index contributed by atoms with van der Waals surface area (Å²) in [6, 6.07) is 3.11. The molecule has 0 aliphatic rings. The highest BCUT2D eigenvalue weighted by atomic mass is 35.5. The minimum absolute atomic E-state index is 0.198. The third kappa shape index (κ3) is 1.61. The van der Waals surface area contributed by atoms with Gasteiger partial charge in [-0.05, 0) is 11.6 Å². The molecule has 1 N–H and O–H groups in total. The first-order valence-corrected chi connectivity index (χ1v) is 3.99. The second-order valence-electron chi connectivity index (χ2n) is 2.21. The summed E-state index contributed by atoms with van der Waals surface area (Å²) in [4.78, 5) is 10.5. The molecule has 4 heteroatoms. The molecular weight excluding hydrogens is 199 g/mol. The Balaban J connectivity index is 3.33. The van der Waals surface area contributed by atoms with Gasteiger partial charge in [-0.25, -0.2) is 0 Å². The van der Waals surface area contributed by atoms with E-state index >= 15 is 0 Å². The first-order valence-electron chi connectivity index (χ1n) is 3.23. The highest BCUT2D eigenvalue weighted by molar-refractivity contribution is 6.38. The summed E-state index contributed by atoms with van der Waals surface area (Å²) >= 11 is 11.4. The van der Waals surface area contributed by atoms with Crippen LogP contribution in [0.25, 0.3) is 0 Å². The molecule has 0 atom stereocenters. The van der Waals surface area contributed by atoms with E-state index < -0.39 is 0 Å². The minimum atomic E-state index is -0.198. The average Bonchev–Trinajstić information content (AvgIpc) is 2.06. The van der Waals surface area contributed by atoms with Gasteiger partial charge < -0.3 is 5.11 Å². The second-order valence-corrected chi connectivity index (χ2v) is 3.00. The second kappa shape index (κ2) is 3.90. The molecule has 0 saturated heterocycles. The van der Waals surface area contributed by atoms with Crippen LogP contribution in [0, 0.1) is 0 Å². The Morgan fingerprint density at radius 2 is 2.08 bits per heavy atom. The fourth-order valence-corrected chi connectivity index (χ4v) is 1.36. The zero-order valence-corrected chi connectivity index (χ0v) is 7.56. The predicted octanol–water partition coefficient (Wildman–Crippen LogP) is 2.30. The Labute approximate surface area is 79.7 Å². The molecule has 0 fully saturated rings. The average molecular weight is 205 g/mol. The van der Waals surface area contributed by atoms with Crippen molar-refractivity contribution in [2.45, 2.75) is 6.61 Å². The van der Waals surface area contributed by atoms with Gasteiger partial charge in [0.25, 0.3) is 0 Å². The highest BCUT2D eigenvalue weighted by Gasteiger charge is 2.08. The van der Waals surface area contributed by atoms with Gasteiger partial charge in [0.2, 0.25) is 0 Å². The summed E-state index contributed by atoms with van der Waals surface area (Å²) in [6.07, 6.45) is 0.573. The van der Waals surface area contributed by atoms with Crippen LogP contribution >= 0.6 is 23.2 Å². The molecule has 2 nitrogen and oxygen atoms in total. The lowest BCUT2D eigenvalue weighted by atomic mass is 10.1. The van der Waals surface area contributed by atoms with E-state index in [4.69, 9.17) is 28.3 Å². The Morgan fingerprint density at radius 1 is 1.42 bits per heavy atom. The van der Waals surface area contributed by atoms with E-state index in [0.29, 0.717) is 16.9 Å². The summed E-state index contributed by atoms with van der Waals surface area (Å²) in [5.74, 6) is 0. The van der Waals surface area contributed by atoms with E-state index in [-0.39, 0.29) is 17.2 Å². The normalized spacial score (nSPS) is 9.92. The number of aldehydes is 1. The van der Waals surface area contributed by atoms with E-state index in [1.807, 2.05) is 0 Å². The predicted molar refractivity (Wildman–Crippen MR) is 47.8 cm³/mol. The van der Waals surface area contributed by atoms with Gasteiger partial charge in [-0.15, -0.1) is 0 Å². The zero-order chi connectivity index (χ0) is 9.14. The van der Waals surface area contributed by atoms with Gasteiger partial charge in [0, 0.05) is 0 Å². The summed E-state index contributed by atoms with van der Waals surface area (Å²) in [6.45, 7) is -0.198. The number of aliphatic hydroxyl groups is 1. The molecule has 0 aromatic heterocycles. The Hall–Kier alpha value is -0.570. The van der Waals surface area contributed by atoms with Crippen LogP contribution in [-0.2, 0) is 6.61 Å². The van der Waals surface area contributed by atoms with Gasteiger partial charge in [0.15, 0.2) is 6.29 Å². The lowest BCUT2D eigenvalue weighted by Gasteiger charge is -2.03. The maximum Gasteiger partial charge on any atom is 0.153 e. The maximum absolute atomic E-state index is 10.5. The SMILES string of the molecule is O=Cc1c(Cl)ccc(CO)c1Cl. The molecule has 0 unspecified atom stereocenters. The number of aliphatic hydroxyl groups excluding tert-OH is 1. The topological polar surface area (TPSA) is 37.3 Å². The van der Waals surface area contributed by atoms with Crippen LogP contribution in [-0.4, -0.2) is 11.4 Å². The van der Waals surface area contributed by atoms with E-state index in [2.05, 4.69) is 0 Å². The quantitative estimate of drug-likeness (QED) is 0.752. The molecule has 0 saturated carbocycles. The largest absolute Gasteiger partial charge is 0.392 e. The molecular formula is C8H6Cl2O2. The van der Waals surface area contributed by atoms with Crippen molar-refractivity contribution in [3.8, 4) is 0 Å². The smallest absolute Gasteiger partial charge is 0.153 e. The summed E-state index contributed by atoms with van der Waals surface area (Å²) < 4.78 is 0. The van der Waals surface area contributed by atoms with Gasteiger partial charge >= 0.3 is 0 Å². The molecule has 0 amide bonds. The van der Waals surface area contributed by atoms with Crippen LogP contribution < -0.4 is 0 Å². The molecule has 1 aromatic rings. The standard InChI is InChI=1S/C8H6Cl2O2/c9-7-2-1-5(3-11)8(10)6(7)4-12/h1-2,4,11H,3H2. The van der Waals surface area contributed by atoms with Gasteiger partial charge in [0.1, 0.15) is 0 Å². The molecule has 0 aliphatic carbocycles. The first kappa shape index (κ1) is 9.52. The van der Waals surface area contributed by atoms with Crippen LogP contribution in [0.1, 0.15) is 15.9 Å². The van der Waals surface area contributed by atoms with E-state index in [1.165, 1.54) is 6.07 Å². The molecule has 0 bridgehead atoms. The van der Waals surface area contributed by atoms with Gasteiger partial charge in [-0.1, -0.05) is 29.3 Å². The zero-order valence-electron chi connectivity index (χ0n) is 6.05. The molecule has 1 rings (SSSR count). The van der Waals surface area contributed by atoms with Crippen molar-refractivity contribution < 1.29 is 9.90 Å². The van der Waals surface area contributed by atoms with E-state index in [1.54, 1.807) is 6.07 Å². The van der Waals surface area contributed by atoms with Crippen molar-refractivity contribution in [1.82, 2.24) is 0 Å². The van der Waals surface area contributed by atoms with E-state index in [9.17, 15) is 4.79 Å². The van der Waals surface area contributed by atoms with Gasteiger partial charge in [-0.3, -0.25) is 4.79 Å². The van der Waals surface area contributed by atoms with Crippen LogP contribution in [0.2, 0.25) is 10.0 Å². The number of rotatable bonds is 2. The Kier molecular flexibility index (Phi) is 3.09. The lowest BCUT2D eigenvalue weighted by molar-refractivity contribution is 0.112. The number of carbonyl (C=O) groups excluding carboxylic acids is 1. The van der Waals surface area contributed by atoms with Crippen molar-refractivity contribution in [3.05, 3.63) is 33.3 Å². The summed E-state index contributed by atoms with van der Waals surface area (Å²) in [5.41, 5.74) is 0.730. The molecule has 0 radical (unpaired) electrons. The Morgan fingerprint density at radius 3 is 2.58 bits per heavy atom. The molecule has 0 spiro atoms. The third-order valence-corrected chi connectivity index (χ3v) is 2.27. The lowest BCUT2D eigenvalue weighted by Crippen LogP contribution is -1.91. The number of hydrogen-bond donors (Lipinski definition) is 1. The number of carbonyl (C=O) groups is 1. The monoisotopic (exact) mass is 204 g/mol. The van der Waals surface area contributed by atoms with Crippen molar-refractivity contribution in [2.24, 2.45) is 0 Å². The van der Waals surface area contributed by atoms with Gasteiger partial charge in [-0.2, -0.15) is 0 Å².